The van der Waals surface area contributed by atoms with Gasteiger partial charge in [0, 0.05) is 43.2 Å². The molecule has 0 spiro atoms. The lowest BCUT2D eigenvalue weighted by atomic mass is 10.2. The molecule has 4 heteroatoms. The summed E-state index contributed by atoms with van der Waals surface area (Å²) in [7, 11) is 1.91. The van der Waals surface area contributed by atoms with Crippen molar-refractivity contribution >= 4 is 0 Å². The van der Waals surface area contributed by atoms with E-state index in [9.17, 15) is 4.79 Å². The summed E-state index contributed by atoms with van der Waals surface area (Å²) < 4.78 is 0. The van der Waals surface area contributed by atoms with Gasteiger partial charge in [-0.1, -0.05) is 0 Å². The number of aromatic amines is 1. The highest BCUT2D eigenvalue weighted by Gasteiger charge is 2.01. The van der Waals surface area contributed by atoms with E-state index < -0.39 is 0 Å². The fourth-order valence-corrected chi connectivity index (χ4v) is 1.25. The van der Waals surface area contributed by atoms with Crippen LogP contribution in [-0.2, 0) is 6.54 Å². The van der Waals surface area contributed by atoms with Crippen LogP contribution in [0.15, 0.2) is 23.3 Å². The Hall–Kier alpha value is -1.13. The molecule has 0 amide bonds. The third-order valence-electron chi connectivity index (χ3n) is 2.06. The summed E-state index contributed by atoms with van der Waals surface area (Å²) in [5.41, 5.74) is 0.850. The molecule has 1 rings (SSSR count). The van der Waals surface area contributed by atoms with Crippen molar-refractivity contribution in [2.75, 3.05) is 13.6 Å². The van der Waals surface area contributed by atoms with Gasteiger partial charge in [-0.15, -0.1) is 0 Å². The molecule has 0 radical (unpaired) electrons. The van der Waals surface area contributed by atoms with Gasteiger partial charge in [0.15, 0.2) is 5.43 Å². The van der Waals surface area contributed by atoms with Crippen molar-refractivity contribution in [2.24, 2.45) is 0 Å². The molecular formula is C10H17N3O. The molecule has 1 aromatic heterocycles. The SMILES string of the molecule is CNCC(C)NCc1c[nH]ccc1=O. The lowest BCUT2D eigenvalue weighted by Crippen LogP contribution is -2.35. The Morgan fingerprint density at radius 3 is 3.00 bits per heavy atom. The minimum Gasteiger partial charge on any atom is -0.367 e. The average molecular weight is 195 g/mol. The second-order valence-corrected chi connectivity index (χ2v) is 3.37. The van der Waals surface area contributed by atoms with Crippen LogP contribution < -0.4 is 16.1 Å². The first-order valence-corrected chi connectivity index (χ1v) is 4.78. The van der Waals surface area contributed by atoms with Crippen molar-refractivity contribution in [2.45, 2.75) is 19.5 Å². The second-order valence-electron chi connectivity index (χ2n) is 3.37. The predicted octanol–water partition coefficient (Wildman–Crippen LogP) is 0.0724. The van der Waals surface area contributed by atoms with Crippen molar-refractivity contribution < 1.29 is 0 Å². The third-order valence-corrected chi connectivity index (χ3v) is 2.06. The molecule has 0 bridgehead atoms. The molecule has 0 aliphatic heterocycles. The van der Waals surface area contributed by atoms with Crippen LogP contribution in [0, 0.1) is 0 Å². The first kappa shape index (κ1) is 10.9. The van der Waals surface area contributed by atoms with Crippen molar-refractivity contribution in [3.05, 3.63) is 34.2 Å². The van der Waals surface area contributed by atoms with E-state index in [1.807, 2.05) is 7.05 Å². The predicted molar refractivity (Wildman–Crippen MR) is 57.3 cm³/mol. The van der Waals surface area contributed by atoms with Crippen LogP contribution in [-0.4, -0.2) is 24.6 Å². The molecule has 3 N–H and O–H groups in total. The van der Waals surface area contributed by atoms with Gasteiger partial charge in [-0.2, -0.15) is 0 Å². The molecular weight excluding hydrogens is 178 g/mol. The summed E-state index contributed by atoms with van der Waals surface area (Å²) in [5.74, 6) is 0. The van der Waals surface area contributed by atoms with Crippen molar-refractivity contribution in [1.29, 1.82) is 0 Å². The summed E-state index contributed by atoms with van der Waals surface area (Å²) in [6.45, 7) is 3.58. The standard InChI is InChI=1S/C10H17N3O/c1-8(5-11-2)13-7-9-6-12-4-3-10(9)14/h3-4,6,8,11,13H,5,7H2,1-2H3,(H,12,14). The van der Waals surface area contributed by atoms with E-state index in [1.54, 1.807) is 18.5 Å². The average Bonchev–Trinajstić information content (AvgIpc) is 2.17. The number of pyridine rings is 1. The fraction of sp³-hybridized carbons (Fsp3) is 0.500. The number of nitrogens with one attached hydrogen (secondary N) is 3. The van der Waals surface area contributed by atoms with Gasteiger partial charge in [0.05, 0.1) is 0 Å². The quantitative estimate of drug-likeness (QED) is 0.623. The molecule has 0 fully saturated rings. The maximum Gasteiger partial charge on any atom is 0.186 e. The fourth-order valence-electron chi connectivity index (χ4n) is 1.25. The summed E-state index contributed by atoms with van der Waals surface area (Å²) in [6, 6.07) is 1.90. The van der Waals surface area contributed by atoms with E-state index in [4.69, 9.17) is 0 Å². The van der Waals surface area contributed by atoms with E-state index in [0.717, 1.165) is 12.1 Å². The first-order chi connectivity index (χ1) is 6.74. The molecule has 14 heavy (non-hydrogen) atoms. The summed E-state index contributed by atoms with van der Waals surface area (Å²) in [5, 5.41) is 6.33. The maximum absolute atomic E-state index is 11.3. The highest BCUT2D eigenvalue weighted by atomic mass is 16.1. The Bertz CT molecular complexity index is 321. The molecule has 1 unspecified atom stereocenters. The molecule has 0 aliphatic carbocycles. The smallest absolute Gasteiger partial charge is 0.186 e. The molecule has 0 saturated heterocycles. The van der Waals surface area contributed by atoms with Crippen molar-refractivity contribution in [3.8, 4) is 0 Å². The number of rotatable bonds is 5. The monoisotopic (exact) mass is 195 g/mol. The minimum absolute atomic E-state index is 0.0768. The number of aromatic nitrogens is 1. The number of hydrogen-bond acceptors (Lipinski definition) is 3. The van der Waals surface area contributed by atoms with Crippen LogP contribution in [0.2, 0.25) is 0 Å². The Balaban J connectivity index is 2.46. The van der Waals surface area contributed by atoms with Gasteiger partial charge in [0.2, 0.25) is 0 Å². The van der Waals surface area contributed by atoms with Gasteiger partial charge < -0.3 is 15.6 Å². The molecule has 1 aromatic rings. The number of likely N-dealkylation sites (N-methyl/N-ethyl adjacent to an activating group) is 1. The highest BCUT2D eigenvalue weighted by Crippen LogP contribution is 1.88. The lowest BCUT2D eigenvalue weighted by Gasteiger charge is -2.12. The zero-order chi connectivity index (χ0) is 10.4. The van der Waals surface area contributed by atoms with Crippen molar-refractivity contribution in [1.82, 2.24) is 15.6 Å². The molecule has 0 saturated carbocycles. The summed E-state index contributed by atoms with van der Waals surface area (Å²) >= 11 is 0. The van der Waals surface area contributed by atoms with E-state index >= 15 is 0 Å². The largest absolute Gasteiger partial charge is 0.367 e. The first-order valence-electron chi connectivity index (χ1n) is 4.78. The molecule has 1 heterocycles. The third kappa shape index (κ3) is 3.32. The van der Waals surface area contributed by atoms with Crippen LogP contribution in [0.3, 0.4) is 0 Å². The van der Waals surface area contributed by atoms with E-state index in [-0.39, 0.29) is 5.43 Å². The van der Waals surface area contributed by atoms with Gasteiger partial charge in [-0.05, 0) is 14.0 Å². The van der Waals surface area contributed by atoms with Crippen LogP contribution in [0.25, 0.3) is 0 Å². The van der Waals surface area contributed by atoms with E-state index in [1.165, 1.54) is 0 Å². The second kappa shape index (κ2) is 5.57. The Morgan fingerprint density at radius 1 is 1.57 bits per heavy atom. The van der Waals surface area contributed by atoms with Crippen molar-refractivity contribution in [3.63, 3.8) is 0 Å². The lowest BCUT2D eigenvalue weighted by molar-refractivity contribution is 0.521. The van der Waals surface area contributed by atoms with Gasteiger partial charge in [0.25, 0.3) is 0 Å². The Kier molecular flexibility index (Phi) is 4.35. The summed E-state index contributed by atoms with van der Waals surface area (Å²) in [6.07, 6.45) is 3.38. The molecule has 4 nitrogen and oxygen atoms in total. The van der Waals surface area contributed by atoms with Crippen LogP contribution in [0.4, 0.5) is 0 Å². The topological polar surface area (TPSA) is 56.9 Å². The van der Waals surface area contributed by atoms with Gasteiger partial charge in [-0.25, -0.2) is 0 Å². The van der Waals surface area contributed by atoms with Crippen LogP contribution in [0.1, 0.15) is 12.5 Å². The molecule has 0 aliphatic rings. The Labute approximate surface area is 83.7 Å². The Morgan fingerprint density at radius 2 is 2.36 bits per heavy atom. The maximum atomic E-state index is 11.3. The number of hydrogen-bond donors (Lipinski definition) is 3. The zero-order valence-corrected chi connectivity index (χ0v) is 8.63. The molecule has 78 valence electrons. The van der Waals surface area contributed by atoms with Crippen LogP contribution in [0.5, 0.6) is 0 Å². The van der Waals surface area contributed by atoms with E-state index in [2.05, 4.69) is 22.5 Å². The van der Waals surface area contributed by atoms with Crippen LogP contribution >= 0.6 is 0 Å². The molecule has 0 aromatic carbocycles. The van der Waals surface area contributed by atoms with Gasteiger partial charge in [0.1, 0.15) is 0 Å². The number of H-pyrrole nitrogens is 1. The minimum atomic E-state index is 0.0768. The van der Waals surface area contributed by atoms with Gasteiger partial charge in [-0.3, -0.25) is 4.79 Å². The summed E-state index contributed by atoms with van der Waals surface area (Å²) in [4.78, 5) is 14.2. The van der Waals surface area contributed by atoms with E-state index in [0.29, 0.717) is 12.6 Å². The molecule has 1 atom stereocenters. The normalized spacial score (nSPS) is 12.7. The van der Waals surface area contributed by atoms with Gasteiger partial charge >= 0.3 is 0 Å². The zero-order valence-electron chi connectivity index (χ0n) is 8.63. The highest BCUT2D eigenvalue weighted by molar-refractivity contribution is 5.08.